The second-order valence-electron chi connectivity index (χ2n) is 8.10. The van der Waals surface area contributed by atoms with Gasteiger partial charge in [0, 0.05) is 34.6 Å². The Bertz CT molecular complexity index is 1390. The Hall–Kier alpha value is -3.07. The van der Waals surface area contributed by atoms with Gasteiger partial charge in [-0.3, -0.25) is 13.8 Å². The lowest BCUT2D eigenvalue weighted by molar-refractivity contribution is 0.0918. The molecule has 4 rings (SSSR count). The Kier molecular flexibility index (Phi) is 6.58. The minimum Gasteiger partial charge on any atom is -0.345 e. The highest BCUT2D eigenvalue weighted by atomic mass is 79.9. The zero-order chi connectivity index (χ0) is 24.6. The van der Waals surface area contributed by atoms with E-state index < -0.39 is 28.2 Å². The third kappa shape index (κ3) is 4.75. The van der Waals surface area contributed by atoms with Crippen LogP contribution >= 0.6 is 27.5 Å². The van der Waals surface area contributed by atoms with Gasteiger partial charge in [-0.25, -0.2) is 9.67 Å². The Morgan fingerprint density at radius 1 is 1.29 bits per heavy atom. The van der Waals surface area contributed by atoms with E-state index in [0.717, 1.165) is 0 Å². The monoisotopic (exact) mass is 560 g/mol. The molecule has 0 bridgehead atoms. The molecular weight excluding hydrogens is 544 g/mol. The summed E-state index contributed by atoms with van der Waals surface area (Å²) in [5.74, 6) is -0.0829. The number of rotatable bonds is 5. The number of amides is 2. The summed E-state index contributed by atoms with van der Waals surface area (Å²) in [6.45, 7) is 3.49. The lowest BCUT2D eigenvalue weighted by atomic mass is 10.0. The first-order valence-corrected chi connectivity index (χ1v) is 12.7. The van der Waals surface area contributed by atoms with Crippen molar-refractivity contribution in [2.45, 2.75) is 19.4 Å². The second-order valence-corrected chi connectivity index (χ2v) is 10.8. The van der Waals surface area contributed by atoms with Crippen LogP contribution in [0.25, 0.3) is 5.82 Å². The van der Waals surface area contributed by atoms with Crippen molar-refractivity contribution in [3.8, 4) is 11.9 Å². The number of nitriles is 1. The number of carbonyl (C=O) groups excluding carboxylic acids is 2. The van der Waals surface area contributed by atoms with Gasteiger partial charge in [-0.05, 0) is 59.6 Å². The number of nitrogens with one attached hydrogen (secondary N) is 2. The van der Waals surface area contributed by atoms with Crippen LogP contribution in [0.5, 0.6) is 0 Å². The van der Waals surface area contributed by atoms with Gasteiger partial charge < -0.3 is 10.6 Å². The molecule has 1 fully saturated rings. The summed E-state index contributed by atoms with van der Waals surface area (Å²) in [4.78, 5) is 30.6. The van der Waals surface area contributed by atoms with E-state index in [9.17, 15) is 19.1 Å². The summed E-state index contributed by atoms with van der Waals surface area (Å²) in [7, 11) is -0.972. The fourth-order valence-corrected chi connectivity index (χ4v) is 5.72. The molecule has 1 saturated heterocycles. The third-order valence-electron chi connectivity index (χ3n) is 5.17. The molecule has 1 aliphatic rings. The smallest absolute Gasteiger partial charge is 0.274 e. The number of pyridine rings is 1. The SMILES string of the molecule is Cc1cc(C#N)cc(C(=O)NC2(C)CS(=O)C2)c1NC(=O)c1cc(Br)nn1-c1ncccc1Cl. The lowest BCUT2D eigenvalue weighted by Crippen LogP contribution is -2.61. The predicted octanol–water partition coefficient (Wildman–Crippen LogP) is 3.37. The van der Waals surface area contributed by atoms with Gasteiger partial charge in [0.15, 0.2) is 5.82 Å². The van der Waals surface area contributed by atoms with Gasteiger partial charge in [-0.15, -0.1) is 0 Å². The molecule has 0 aliphatic carbocycles. The van der Waals surface area contributed by atoms with Crippen molar-refractivity contribution in [1.82, 2.24) is 20.1 Å². The average Bonchev–Trinajstić information content (AvgIpc) is 3.15. The molecule has 2 aromatic heterocycles. The summed E-state index contributed by atoms with van der Waals surface area (Å²) < 4.78 is 13.3. The Morgan fingerprint density at radius 3 is 2.68 bits per heavy atom. The minimum absolute atomic E-state index is 0.129. The zero-order valence-electron chi connectivity index (χ0n) is 18.1. The summed E-state index contributed by atoms with van der Waals surface area (Å²) in [6.07, 6.45) is 1.53. The van der Waals surface area contributed by atoms with E-state index in [-0.39, 0.29) is 28.3 Å². The number of nitrogens with zero attached hydrogens (tertiary/aromatic N) is 4. The molecule has 12 heteroatoms. The molecule has 2 N–H and O–H groups in total. The maximum Gasteiger partial charge on any atom is 0.274 e. The topological polar surface area (TPSA) is 130 Å². The predicted molar refractivity (Wildman–Crippen MR) is 132 cm³/mol. The largest absolute Gasteiger partial charge is 0.345 e. The molecule has 34 heavy (non-hydrogen) atoms. The number of anilines is 1. The van der Waals surface area contributed by atoms with Gasteiger partial charge in [0.05, 0.1) is 33.4 Å². The number of hydrogen-bond donors (Lipinski definition) is 2. The Labute approximate surface area is 211 Å². The fourth-order valence-electron chi connectivity index (χ4n) is 3.66. The first-order chi connectivity index (χ1) is 16.1. The van der Waals surface area contributed by atoms with Gasteiger partial charge in [0.2, 0.25) is 0 Å². The third-order valence-corrected chi connectivity index (χ3v) is 7.77. The Morgan fingerprint density at radius 2 is 2.03 bits per heavy atom. The van der Waals surface area contributed by atoms with Crippen molar-refractivity contribution in [1.29, 1.82) is 5.26 Å². The molecule has 0 radical (unpaired) electrons. The zero-order valence-corrected chi connectivity index (χ0v) is 21.2. The number of aromatic nitrogens is 3. The van der Waals surface area contributed by atoms with Crippen molar-refractivity contribution in [3.63, 3.8) is 0 Å². The van der Waals surface area contributed by atoms with E-state index in [2.05, 4.69) is 36.6 Å². The molecule has 0 spiro atoms. The van der Waals surface area contributed by atoms with Gasteiger partial charge in [0.25, 0.3) is 11.8 Å². The summed E-state index contributed by atoms with van der Waals surface area (Å²) in [5.41, 5.74) is 0.700. The quantitative estimate of drug-likeness (QED) is 0.491. The van der Waals surface area contributed by atoms with Crippen LogP contribution in [0.3, 0.4) is 0 Å². The van der Waals surface area contributed by atoms with Gasteiger partial charge in [0.1, 0.15) is 10.3 Å². The van der Waals surface area contributed by atoms with E-state index in [1.807, 2.05) is 6.07 Å². The molecule has 0 saturated carbocycles. The van der Waals surface area contributed by atoms with E-state index in [1.54, 1.807) is 32.0 Å². The van der Waals surface area contributed by atoms with Crippen LogP contribution < -0.4 is 10.6 Å². The van der Waals surface area contributed by atoms with Crippen LogP contribution in [-0.4, -0.2) is 47.8 Å². The van der Waals surface area contributed by atoms with E-state index in [0.29, 0.717) is 26.7 Å². The lowest BCUT2D eigenvalue weighted by Gasteiger charge is -2.38. The summed E-state index contributed by atoms with van der Waals surface area (Å²) in [5, 5.41) is 19.6. The summed E-state index contributed by atoms with van der Waals surface area (Å²) in [6, 6.07) is 9.82. The molecule has 3 aromatic rings. The first-order valence-electron chi connectivity index (χ1n) is 10.0. The van der Waals surface area contributed by atoms with Crippen LogP contribution in [0.2, 0.25) is 5.02 Å². The van der Waals surface area contributed by atoms with E-state index in [1.165, 1.54) is 23.0 Å². The maximum atomic E-state index is 13.3. The molecule has 0 unspecified atom stereocenters. The standard InChI is InChI=1S/C22H18BrClN6O3S/c1-12-6-13(9-25)7-14(20(31)28-22(2)10-34(33)11-22)18(12)27-21(32)16-8-17(23)29-30(16)19-15(24)4-3-5-26-19/h3-8H,10-11H2,1-2H3,(H,27,32)(H,28,31). The van der Waals surface area contributed by atoms with Crippen molar-refractivity contribution < 1.29 is 13.8 Å². The van der Waals surface area contributed by atoms with Crippen LogP contribution in [0.1, 0.15) is 38.9 Å². The Balaban J connectivity index is 1.71. The molecule has 1 aliphatic heterocycles. The minimum atomic E-state index is -0.972. The average molecular weight is 562 g/mol. The van der Waals surface area contributed by atoms with Crippen molar-refractivity contribution in [2.75, 3.05) is 16.8 Å². The van der Waals surface area contributed by atoms with Crippen molar-refractivity contribution in [3.05, 3.63) is 68.5 Å². The number of benzene rings is 1. The van der Waals surface area contributed by atoms with Crippen LogP contribution in [0, 0.1) is 18.3 Å². The molecule has 9 nitrogen and oxygen atoms in total. The highest BCUT2D eigenvalue weighted by Crippen LogP contribution is 2.27. The second kappa shape index (κ2) is 9.29. The maximum absolute atomic E-state index is 13.3. The van der Waals surface area contributed by atoms with E-state index in [4.69, 9.17) is 11.6 Å². The fraction of sp³-hybridized carbons (Fsp3) is 0.227. The first kappa shape index (κ1) is 24.1. The summed E-state index contributed by atoms with van der Waals surface area (Å²) >= 11 is 9.52. The van der Waals surface area contributed by atoms with Crippen LogP contribution in [0.15, 0.2) is 41.1 Å². The van der Waals surface area contributed by atoms with Gasteiger partial charge >= 0.3 is 0 Å². The van der Waals surface area contributed by atoms with Crippen LogP contribution in [-0.2, 0) is 10.8 Å². The normalized spacial score (nSPS) is 19.1. The number of halogens is 2. The molecule has 2 amide bonds. The highest BCUT2D eigenvalue weighted by Gasteiger charge is 2.40. The van der Waals surface area contributed by atoms with Crippen molar-refractivity contribution in [2.24, 2.45) is 0 Å². The molecule has 0 atom stereocenters. The number of hydrogen-bond acceptors (Lipinski definition) is 6. The number of carbonyl (C=O) groups is 2. The molecule has 174 valence electrons. The van der Waals surface area contributed by atoms with Crippen molar-refractivity contribution >= 4 is 55.8 Å². The highest BCUT2D eigenvalue weighted by molar-refractivity contribution is 9.10. The van der Waals surface area contributed by atoms with Gasteiger partial charge in [-0.1, -0.05) is 11.6 Å². The molecule has 3 heterocycles. The van der Waals surface area contributed by atoms with E-state index >= 15 is 0 Å². The molecule has 1 aromatic carbocycles. The number of aryl methyl sites for hydroxylation is 1. The van der Waals surface area contributed by atoms with Gasteiger partial charge in [-0.2, -0.15) is 10.4 Å². The van der Waals surface area contributed by atoms with Crippen LogP contribution in [0.4, 0.5) is 5.69 Å². The molecular formula is C22H18BrClN6O3S.